The third-order valence-electron chi connectivity index (χ3n) is 3.79. The van der Waals surface area contributed by atoms with Crippen molar-refractivity contribution in [3.63, 3.8) is 0 Å². The van der Waals surface area contributed by atoms with Gasteiger partial charge >= 0.3 is 6.18 Å². The van der Waals surface area contributed by atoms with E-state index in [1.165, 1.54) is 41.1 Å². The molecular formula is C18H14ClF4N5O. The van der Waals surface area contributed by atoms with Crippen molar-refractivity contribution in [1.29, 1.82) is 0 Å². The second kappa shape index (κ2) is 8.08. The molecule has 11 heteroatoms. The molecule has 0 bridgehead atoms. The Hall–Kier alpha value is -3.14. The maximum Gasteiger partial charge on any atom is 0.405 e. The van der Waals surface area contributed by atoms with Gasteiger partial charge in [-0.25, -0.2) is 9.07 Å². The second-order valence-electron chi connectivity index (χ2n) is 6.01. The number of nitrogens with zero attached hydrogens (tertiary/aromatic N) is 3. The molecule has 152 valence electrons. The first-order valence-electron chi connectivity index (χ1n) is 8.21. The molecule has 0 saturated heterocycles. The lowest BCUT2D eigenvalue weighted by Crippen LogP contribution is -2.33. The number of hydrogen-bond donors (Lipinski definition) is 2. The van der Waals surface area contributed by atoms with Gasteiger partial charge in [-0.05, 0) is 30.3 Å². The summed E-state index contributed by atoms with van der Waals surface area (Å²) in [5, 5.41) is 8.94. The topological polar surface area (TPSA) is 71.8 Å². The second-order valence-corrected chi connectivity index (χ2v) is 6.42. The highest BCUT2D eigenvalue weighted by Gasteiger charge is 2.27. The van der Waals surface area contributed by atoms with Crippen molar-refractivity contribution < 1.29 is 22.4 Å². The van der Waals surface area contributed by atoms with Crippen LogP contribution in [0.15, 0.2) is 42.5 Å². The fourth-order valence-electron chi connectivity index (χ4n) is 2.37. The molecule has 0 aliphatic carbocycles. The van der Waals surface area contributed by atoms with Gasteiger partial charge in [-0.3, -0.25) is 4.79 Å². The number of hydrogen-bond acceptors (Lipinski definition) is 4. The van der Waals surface area contributed by atoms with Crippen LogP contribution in [0.2, 0.25) is 5.02 Å². The summed E-state index contributed by atoms with van der Waals surface area (Å²) in [6, 6.07) is 9.98. The monoisotopic (exact) mass is 427 g/mol. The number of alkyl halides is 3. The number of anilines is 2. The largest absolute Gasteiger partial charge is 0.405 e. The van der Waals surface area contributed by atoms with E-state index >= 15 is 0 Å². The Morgan fingerprint density at radius 3 is 2.48 bits per heavy atom. The highest BCUT2D eigenvalue weighted by molar-refractivity contribution is 6.30. The molecule has 1 heterocycles. The van der Waals surface area contributed by atoms with E-state index in [4.69, 9.17) is 11.6 Å². The van der Waals surface area contributed by atoms with Gasteiger partial charge in [0.2, 0.25) is 5.95 Å². The lowest BCUT2D eigenvalue weighted by atomic mass is 10.1. The Balaban J connectivity index is 1.73. The van der Waals surface area contributed by atoms with Crippen LogP contribution < -0.4 is 10.6 Å². The van der Waals surface area contributed by atoms with Crippen LogP contribution in [0.3, 0.4) is 0 Å². The predicted octanol–water partition coefficient (Wildman–Crippen LogP) is 4.31. The zero-order valence-corrected chi connectivity index (χ0v) is 15.6. The molecule has 3 rings (SSSR count). The Kier molecular flexibility index (Phi) is 5.73. The van der Waals surface area contributed by atoms with Crippen LogP contribution in [0.1, 0.15) is 10.4 Å². The van der Waals surface area contributed by atoms with E-state index in [2.05, 4.69) is 15.4 Å². The molecule has 2 N–H and O–H groups in total. The number of nitrogens with one attached hydrogen (secondary N) is 2. The van der Waals surface area contributed by atoms with Crippen molar-refractivity contribution in [2.75, 3.05) is 11.9 Å². The van der Waals surface area contributed by atoms with E-state index in [0.717, 1.165) is 0 Å². The van der Waals surface area contributed by atoms with Crippen molar-refractivity contribution in [2.45, 2.75) is 6.18 Å². The van der Waals surface area contributed by atoms with Crippen molar-refractivity contribution in [3.8, 4) is 11.4 Å². The van der Waals surface area contributed by atoms with Crippen molar-refractivity contribution in [1.82, 2.24) is 20.1 Å². The summed E-state index contributed by atoms with van der Waals surface area (Å²) in [6.07, 6.45) is -4.48. The Morgan fingerprint density at radius 1 is 1.17 bits per heavy atom. The van der Waals surface area contributed by atoms with Crippen LogP contribution in [-0.4, -0.2) is 33.4 Å². The summed E-state index contributed by atoms with van der Waals surface area (Å²) >= 11 is 5.66. The van der Waals surface area contributed by atoms with Gasteiger partial charge in [0.25, 0.3) is 5.91 Å². The summed E-state index contributed by atoms with van der Waals surface area (Å²) in [6.45, 7) is -1.41. The van der Waals surface area contributed by atoms with E-state index in [0.29, 0.717) is 23.0 Å². The molecule has 0 radical (unpaired) electrons. The molecule has 0 saturated carbocycles. The first-order chi connectivity index (χ1) is 13.6. The zero-order chi connectivity index (χ0) is 21.2. The minimum Gasteiger partial charge on any atom is -0.343 e. The molecule has 1 amide bonds. The summed E-state index contributed by atoms with van der Waals surface area (Å²) in [5.41, 5.74) is 1.04. The molecule has 29 heavy (non-hydrogen) atoms. The van der Waals surface area contributed by atoms with Crippen molar-refractivity contribution >= 4 is 29.1 Å². The standard InChI is InChI=1S/C18H14ClF4N5O/c1-28-17(25-12-6-7-13(19)14(20)8-12)26-15(27-28)10-2-4-11(5-3-10)16(29)24-9-18(21,22)23/h2-8H,9H2,1H3,(H,24,29)(H,25,26,27). The van der Waals surface area contributed by atoms with Crippen LogP contribution in [0.25, 0.3) is 11.4 Å². The van der Waals surface area contributed by atoms with E-state index in [-0.39, 0.29) is 10.6 Å². The number of halogens is 5. The Morgan fingerprint density at radius 2 is 1.86 bits per heavy atom. The fourth-order valence-corrected chi connectivity index (χ4v) is 2.49. The number of carbonyl (C=O) groups is 1. The molecule has 0 aliphatic rings. The van der Waals surface area contributed by atoms with Gasteiger partial charge in [0.05, 0.1) is 5.02 Å². The molecule has 2 aromatic carbocycles. The van der Waals surface area contributed by atoms with E-state index in [1.807, 2.05) is 0 Å². The van der Waals surface area contributed by atoms with Gasteiger partial charge in [0, 0.05) is 23.9 Å². The lowest BCUT2D eigenvalue weighted by Gasteiger charge is -2.08. The van der Waals surface area contributed by atoms with Crippen LogP contribution >= 0.6 is 11.6 Å². The molecule has 3 aromatic rings. The van der Waals surface area contributed by atoms with Crippen molar-refractivity contribution in [3.05, 3.63) is 58.9 Å². The number of aryl methyl sites for hydroxylation is 1. The highest BCUT2D eigenvalue weighted by Crippen LogP contribution is 2.23. The van der Waals surface area contributed by atoms with Gasteiger partial charge in [-0.2, -0.15) is 18.2 Å². The van der Waals surface area contributed by atoms with Crippen LogP contribution in [0.4, 0.5) is 29.2 Å². The third kappa shape index (κ3) is 5.23. The maximum absolute atomic E-state index is 13.6. The number of amides is 1. The summed E-state index contributed by atoms with van der Waals surface area (Å²) < 4.78 is 51.6. The minimum absolute atomic E-state index is 0.00596. The molecule has 0 fully saturated rings. The van der Waals surface area contributed by atoms with Gasteiger partial charge in [-0.15, -0.1) is 5.10 Å². The maximum atomic E-state index is 13.6. The van der Waals surface area contributed by atoms with Gasteiger partial charge in [0.1, 0.15) is 12.4 Å². The summed E-state index contributed by atoms with van der Waals surface area (Å²) in [7, 11) is 1.63. The molecule has 1 aromatic heterocycles. The number of benzene rings is 2. The third-order valence-corrected chi connectivity index (χ3v) is 4.10. The molecule has 0 aliphatic heterocycles. The van der Waals surface area contributed by atoms with E-state index < -0.39 is 24.4 Å². The van der Waals surface area contributed by atoms with Crippen LogP contribution in [0, 0.1) is 5.82 Å². The van der Waals surface area contributed by atoms with Gasteiger partial charge in [0.15, 0.2) is 5.82 Å². The normalized spacial score (nSPS) is 11.4. The van der Waals surface area contributed by atoms with Crippen molar-refractivity contribution in [2.24, 2.45) is 7.05 Å². The SMILES string of the molecule is Cn1nc(-c2ccc(C(=O)NCC(F)(F)F)cc2)nc1Nc1ccc(Cl)c(F)c1. The number of rotatable bonds is 5. The Bertz CT molecular complexity index is 1030. The lowest BCUT2D eigenvalue weighted by molar-refractivity contribution is -0.123. The minimum atomic E-state index is -4.48. The van der Waals surface area contributed by atoms with Crippen LogP contribution in [0.5, 0.6) is 0 Å². The first kappa shape index (κ1) is 20.6. The fraction of sp³-hybridized carbons (Fsp3) is 0.167. The quantitative estimate of drug-likeness (QED) is 0.595. The predicted molar refractivity (Wildman–Crippen MR) is 99.5 cm³/mol. The average Bonchev–Trinajstić information content (AvgIpc) is 3.03. The summed E-state index contributed by atoms with van der Waals surface area (Å²) in [4.78, 5) is 16.1. The van der Waals surface area contributed by atoms with E-state index in [1.54, 1.807) is 18.4 Å². The highest BCUT2D eigenvalue weighted by atomic mass is 35.5. The zero-order valence-electron chi connectivity index (χ0n) is 14.9. The molecule has 6 nitrogen and oxygen atoms in total. The molecule has 0 spiro atoms. The van der Waals surface area contributed by atoms with Gasteiger partial charge in [-0.1, -0.05) is 23.7 Å². The molecule has 0 unspecified atom stereocenters. The first-order valence-corrected chi connectivity index (χ1v) is 8.59. The average molecular weight is 428 g/mol. The smallest absolute Gasteiger partial charge is 0.343 e. The van der Waals surface area contributed by atoms with E-state index in [9.17, 15) is 22.4 Å². The Labute approximate surface area is 167 Å². The number of aromatic nitrogens is 3. The van der Waals surface area contributed by atoms with Crippen LogP contribution in [-0.2, 0) is 7.05 Å². The van der Waals surface area contributed by atoms with Gasteiger partial charge < -0.3 is 10.6 Å². The summed E-state index contributed by atoms with van der Waals surface area (Å²) in [5.74, 6) is -0.783. The molecular weight excluding hydrogens is 414 g/mol. The number of carbonyl (C=O) groups excluding carboxylic acids is 1. The molecule has 0 atom stereocenters.